The monoisotopic (exact) mass is 353 g/mol. The van der Waals surface area contributed by atoms with Crippen molar-refractivity contribution in [3.63, 3.8) is 0 Å². The lowest BCUT2D eigenvalue weighted by atomic mass is 10.2. The molecule has 1 atom stereocenters. The fourth-order valence-electron chi connectivity index (χ4n) is 2.54. The van der Waals surface area contributed by atoms with Gasteiger partial charge in [-0.05, 0) is 27.2 Å². The van der Waals surface area contributed by atoms with Gasteiger partial charge in [0.15, 0.2) is 0 Å². The summed E-state index contributed by atoms with van der Waals surface area (Å²) in [6.07, 6.45) is 1.79. The van der Waals surface area contributed by atoms with Crippen LogP contribution in [-0.2, 0) is 7.05 Å². The zero-order valence-corrected chi connectivity index (χ0v) is 14.8. The van der Waals surface area contributed by atoms with Gasteiger partial charge in [-0.3, -0.25) is 14.2 Å². The first-order valence-electron chi connectivity index (χ1n) is 7.48. The molecule has 130 valence electrons. The van der Waals surface area contributed by atoms with Crippen molar-refractivity contribution >= 4 is 23.5 Å². The molecule has 0 saturated carbocycles. The first kappa shape index (κ1) is 18.0. The largest absolute Gasteiger partial charge is 0.478 e. The fraction of sp³-hybridized carbons (Fsp3) is 0.467. The Morgan fingerprint density at radius 2 is 2.08 bits per heavy atom. The van der Waals surface area contributed by atoms with Crippen LogP contribution < -0.4 is 5.32 Å². The maximum absolute atomic E-state index is 12.2. The van der Waals surface area contributed by atoms with Crippen LogP contribution in [-0.4, -0.2) is 43.1 Å². The third kappa shape index (κ3) is 3.43. The van der Waals surface area contributed by atoms with E-state index in [1.54, 1.807) is 0 Å². The van der Waals surface area contributed by atoms with Crippen LogP contribution in [0.15, 0.2) is 6.20 Å². The first-order valence-corrected chi connectivity index (χ1v) is 7.86. The summed E-state index contributed by atoms with van der Waals surface area (Å²) in [6.45, 7) is 6.09. The van der Waals surface area contributed by atoms with E-state index in [1.165, 1.54) is 11.7 Å². The molecule has 0 aliphatic heterocycles. The number of carboxylic acid groups (broad SMARTS) is 1. The Bertz CT molecular complexity index is 780. The molecule has 0 aliphatic carbocycles. The molecule has 0 aliphatic rings. The predicted molar refractivity (Wildman–Crippen MR) is 88.5 cm³/mol. The molecule has 2 aromatic rings. The number of carboxylic acids is 1. The lowest BCUT2D eigenvalue weighted by molar-refractivity contribution is 0.0690. The van der Waals surface area contributed by atoms with Crippen LogP contribution in [0.3, 0.4) is 0 Å². The molecule has 9 heteroatoms. The number of aromatic nitrogens is 4. The smallest absolute Gasteiger partial charge is 0.339 e. The molecular formula is C15H20ClN5O3. The molecule has 0 saturated heterocycles. The third-order valence-corrected chi connectivity index (χ3v) is 4.43. The number of aromatic carboxylic acids is 1. The molecule has 0 aromatic carbocycles. The van der Waals surface area contributed by atoms with Crippen molar-refractivity contribution in [2.75, 3.05) is 6.54 Å². The molecule has 24 heavy (non-hydrogen) atoms. The van der Waals surface area contributed by atoms with E-state index in [4.69, 9.17) is 16.7 Å². The molecule has 0 spiro atoms. The molecule has 2 rings (SSSR count). The highest BCUT2D eigenvalue weighted by Gasteiger charge is 2.21. The SMILES string of the molecule is Cc1nn([C@H](C)CCNC(=O)c2c(C(=O)O)cnn2C)c(C)c1Cl. The summed E-state index contributed by atoms with van der Waals surface area (Å²) in [5.74, 6) is -1.65. The van der Waals surface area contributed by atoms with E-state index in [2.05, 4.69) is 15.5 Å². The average molecular weight is 354 g/mol. The molecular weight excluding hydrogens is 334 g/mol. The van der Waals surface area contributed by atoms with Gasteiger partial charge in [-0.15, -0.1) is 0 Å². The number of nitrogens with zero attached hydrogens (tertiary/aromatic N) is 4. The minimum Gasteiger partial charge on any atom is -0.478 e. The third-order valence-electron chi connectivity index (χ3n) is 3.89. The van der Waals surface area contributed by atoms with Crippen LogP contribution in [0.5, 0.6) is 0 Å². The van der Waals surface area contributed by atoms with Crippen LogP contribution in [0.2, 0.25) is 5.02 Å². The van der Waals surface area contributed by atoms with Crippen LogP contribution >= 0.6 is 11.6 Å². The number of hydrogen-bond donors (Lipinski definition) is 2. The number of carbonyl (C=O) groups excluding carboxylic acids is 1. The van der Waals surface area contributed by atoms with Gasteiger partial charge in [0.2, 0.25) is 0 Å². The second-order valence-corrected chi connectivity index (χ2v) is 6.04. The molecule has 0 fully saturated rings. The summed E-state index contributed by atoms with van der Waals surface area (Å²) >= 11 is 6.14. The lowest BCUT2D eigenvalue weighted by Crippen LogP contribution is -2.29. The van der Waals surface area contributed by atoms with Crippen molar-refractivity contribution in [3.8, 4) is 0 Å². The minimum absolute atomic E-state index is 0.0318. The van der Waals surface area contributed by atoms with E-state index < -0.39 is 11.9 Å². The second kappa shape index (κ2) is 7.04. The number of carbonyl (C=O) groups is 2. The van der Waals surface area contributed by atoms with E-state index in [1.807, 2.05) is 25.5 Å². The van der Waals surface area contributed by atoms with Crippen molar-refractivity contribution in [2.45, 2.75) is 33.2 Å². The first-order chi connectivity index (χ1) is 11.2. The standard InChI is InChI=1S/C15H20ClN5O3/c1-8(21-10(3)12(16)9(2)19-21)5-6-17-14(22)13-11(15(23)24)7-18-20(13)4/h7-8H,5-6H2,1-4H3,(H,17,22)(H,23,24)/t8-/m1/s1. The highest BCUT2D eigenvalue weighted by Crippen LogP contribution is 2.23. The van der Waals surface area contributed by atoms with Gasteiger partial charge in [0.1, 0.15) is 11.3 Å². The Morgan fingerprint density at radius 3 is 2.62 bits per heavy atom. The van der Waals surface area contributed by atoms with E-state index in [0.29, 0.717) is 18.0 Å². The fourth-order valence-corrected chi connectivity index (χ4v) is 2.66. The number of aryl methyl sites for hydroxylation is 2. The molecule has 0 bridgehead atoms. The maximum Gasteiger partial charge on any atom is 0.339 e. The highest BCUT2D eigenvalue weighted by atomic mass is 35.5. The van der Waals surface area contributed by atoms with Crippen molar-refractivity contribution in [1.82, 2.24) is 24.9 Å². The summed E-state index contributed by atoms with van der Waals surface area (Å²) < 4.78 is 3.08. The maximum atomic E-state index is 12.2. The van der Waals surface area contributed by atoms with Crippen LogP contribution in [0, 0.1) is 13.8 Å². The Morgan fingerprint density at radius 1 is 1.42 bits per heavy atom. The predicted octanol–water partition coefficient (Wildman–Crippen LogP) is 1.97. The second-order valence-electron chi connectivity index (χ2n) is 5.66. The van der Waals surface area contributed by atoms with Gasteiger partial charge in [0.25, 0.3) is 5.91 Å². The highest BCUT2D eigenvalue weighted by molar-refractivity contribution is 6.31. The summed E-state index contributed by atoms with van der Waals surface area (Å²) in [7, 11) is 1.53. The van der Waals surface area contributed by atoms with E-state index in [0.717, 1.165) is 17.6 Å². The Kier molecular flexibility index (Phi) is 5.28. The number of halogens is 1. The summed E-state index contributed by atoms with van der Waals surface area (Å²) in [5, 5.41) is 20.7. The summed E-state index contributed by atoms with van der Waals surface area (Å²) in [6, 6.07) is 0.0435. The molecule has 0 radical (unpaired) electrons. The zero-order valence-electron chi connectivity index (χ0n) is 14.0. The van der Waals surface area contributed by atoms with Gasteiger partial charge in [0, 0.05) is 13.6 Å². The zero-order chi connectivity index (χ0) is 18.0. The molecule has 1 amide bonds. The molecule has 2 N–H and O–H groups in total. The summed E-state index contributed by atoms with van der Waals surface area (Å²) in [5.41, 5.74) is 1.57. The van der Waals surface area contributed by atoms with Crippen molar-refractivity contribution in [3.05, 3.63) is 33.9 Å². The van der Waals surface area contributed by atoms with Gasteiger partial charge >= 0.3 is 5.97 Å². The normalized spacial score (nSPS) is 12.2. The van der Waals surface area contributed by atoms with Crippen LogP contribution in [0.1, 0.15) is 51.6 Å². The van der Waals surface area contributed by atoms with Crippen molar-refractivity contribution in [2.24, 2.45) is 7.05 Å². The number of hydrogen-bond acceptors (Lipinski definition) is 4. The van der Waals surface area contributed by atoms with Crippen molar-refractivity contribution in [1.29, 1.82) is 0 Å². The van der Waals surface area contributed by atoms with Gasteiger partial charge in [0.05, 0.1) is 28.6 Å². The number of rotatable bonds is 6. The van der Waals surface area contributed by atoms with Gasteiger partial charge < -0.3 is 10.4 Å². The Hall–Kier alpha value is -2.35. The molecule has 0 unspecified atom stereocenters. The van der Waals surface area contributed by atoms with Gasteiger partial charge in [-0.1, -0.05) is 11.6 Å². The van der Waals surface area contributed by atoms with E-state index >= 15 is 0 Å². The minimum atomic E-state index is -1.18. The van der Waals surface area contributed by atoms with E-state index in [9.17, 15) is 9.59 Å². The van der Waals surface area contributed by atoms with Crippen LogP contribution in [0.25, 0.3) is 0 Å². The molecule has 2 heterocycles. The Balaban J connectivity index is 1.99. The average Bonchev–Trinajstić information content (AvgIpc) is 3.02. The summed E-state index contributed by atoms with van der Waals surface area (Å²) in [4.78, 5) is 23.3. The number of amides is 1. The van der Waals surface area contributed by atoms with E-state index in [-0.39, 0.29) is 17.3 Å². The lowest BCUT2D eigenvalue weighted by Gasteiger charge is -2.15. The van der Waals surface area contributed by atoms with Gasteiger partial charge in [-0.25, -0.2) is 4.79 Å². The molecule has 2 aromatic heterocycles. The van der Waals surface area contributed by atoms with Crippen molar-refractivity contribution < 1.29 is 14.7 Å². The quantitative estimate of drug-likeness (QED) is 0.826. The van der Waals surface area contributed by atoms with Gasteiger partial charge in [-0.2, -0.15) is 10.2 Å². The Labute approximate surface area is 144 Å². The topological polar surface area (TPSA) is 102 Å². The van der Waals surface area contributed by atoms with Crippen LogP contribution in [0.4, 0.5) is 0 Å². The molecule has 8 nitrogen and oxygen atoms in total. The number of nitrogens with one attached hydrogen (secondary N) is 1.